The highest BCUT2D eigenvalue weighted by Gasteiger charge is 2.11. The number of carbonyl (C=O) groups excluding carboxylic acids is 1. The minimum absolute atomic E-state index is 0.0928. The average molecular weight is 432 g/mol. The molecular weight excluding hydrogens is 415 g/mol. The average Bonchev–Trinajstić information content (AvgIpc) is 2.60. The number of hydrogen-bond donors (Lipinski definition) is 2. The van der Waals surface area contributed by atoms with Crippen LogP contribution >= 0.6 is 47.0 Å². The van der Waals surface area contributed by atoms with Crippen molar-refractivity contribution < 1.29 is 9.53 Å². The number of amides is 1. The highest BCUT2D eigenvalue weighted by Crippen LogP contribution is 2.32. The molecular formula is C18H17Cl3N2O2S. The number of rotatable bonds is 5. The molecule has 0 aliphatic carbocycles. The standard InChI is InChI=1S/C18H17Cl3N2O2S/c1-3-10(2)25-12-6-4-11(5-7-12)17(24)23-18(26)22-16-9-14(20)13(19)8-15(16)21/h4-10H,3H2,1-2H3,(H2,22,23,24,26). The summed E-state index contributed by atoms with van der Waals surface area (Å²) in [6.45, 7) is 4.03. The second kappa shape index (κ2) is 9.42. The van der Waals surface area contributed by atoms with Crippen LogP contribution in [0.4, 0.5) is 5.69 Å². The van der Waals surface area contributed by atoms with E-state index in [2.05, 4.69) is 10.6 Å². The summed E-state index contributed by atoms with van der Waals surface area (Å²) in [7, 11) is 0. The maximum Gasteiger partial charge on any atom is 0.257 e. The van der Waals surface area contributed by atoms with Crippen LogP contribution in [0.1, 0.15) is 30.6 Å². The predicted molar refractivity (Wildman–Crippen MR) is 112 cm³/mol. The molecule has 0 aromatic heterocycles. The van der Waals surface area contributed by atoms with E-state index in [9.17, 15) is 4.79 Å². The maximum atomic E-state index is 12.3. The van der Waals surface area contributed by atoms with Crippen LogP contribution in [0.2, 0.25) is 15.1 Å². The summed E-state index contributed by atoms with van der Waals surface area (Å²) in [4.78, 5) is 12.3. The van der Waals surface area contributed by atoms with Crippen molar-refractivity contribution in [3.63, 3.8) is 0 Å². The summed E-state index contributed by atoms with van der Waals surface area (Å²) in [6, 6.07) is 9.85. The summed E-state index contributed by atoms with van der Waals surface area (Å²) in [6.07, 6.45) is 1.02. The van der Waals surface area contributed by atoms with Gasteiger partial charge in [0, 0.05) is 5.56 Å². The highest BCUT2D eigenvalue weighted by molar-refractivity contribution is 7.80. The molecule has 0 saturated heterocycles. The number of anilines is 1. The van der Waals surface area contributed by atoms with Crippen molar-refractivity contribution in [1.29, 1.82) is 0 Å². The Morgan fingerprint density at radius 3 is 2.35 bits per heavy atom. The molecule has 0 radical (unpaired) electrons. The van der Waals surface area contributed by atoms with E-state index in [1.807, 2.05) is 13.8 Å². The molecule has 0 saturated carbocycles. The molecule has 0 spiro atoms. The number of hydrogen-bond acceptors (Lipinski definition) is 3. The molecule has 0 bridgehead atoms. The zero-order chi connectivity index (χ0) is 19.3. The van der Waals surface area contributed by atoms with E-state index in [1.54, 1.807) is 24.3 Å². The molecule has 1 unspecified atom stereocenters. The van der Waals surface area contributed by atoms with Crippen molar-refractivity contribution >= 4 is 63.7 Å². The van der Waals surface area contributed by atoms with Crippen LogP contribution in [0.25, 0.3) is 0 Å². The van der Waals surface area contributed by atoms with Crippen molar-refractivity contribution in [2.75, 3.05) is 5.32 Å². The monoisotopic (exact) mass is 430 g/mol. The smallest absolute Gasteiger partial charge is 0.257 e. The summed E-state index contributed by atoms with van der Waals surface area (Å²) in [5, 5.41) is 6.49. The van der Waals surface area contributed by atoms with E-state index in [1.165, 1.54) is 12.1 Å². The van der Waals surface area contributed by atoms with Gasteiger partial charge in [-0.25, -0.2) is 0 Å². The van der Waals surface area contributed by atoms with Gasteiger partial charge >= 0.3 is 0 Å². The molecule has 0 aliphatic rings. The Morgan fingerprint density at radius 2 is 1.73 bits per heavy atom. The second-order valence-corrected chi connectivity index (χ2v) is 7.15. The molecule has 2 aromatic rings. The quantitative estimate of drug-likeness (QED) is 0.453. The molecule has 4 nitrogen and oxygen atoms in total. The second-order valence-electron chi connectivity index (χ2n) is 5.52. The van der Waals surface area contributed by atoms with Crippen molar-refractivity contribution in [3.05, 3.63) is 57.0 Å². The minimum atomic E-state index is -0.353. The van der Waals surface area contributed by atoms with Crippen LogP contribution in [0.5, 0.6) is 5.75 Å². The molecule has 26 heavy (non-hydrogen) atoms. The molecule has 2 rings (SSSR count). The molecule has 2 aromatic carbocycles. The summed E-state index contributed by atoms with van der Waals surface area (Å²) in [5.41, 5.74) is 0.898. The van der Waals surface area contributed by atoms with Crippen molar-refractivity contribution in [2.24, 2.45) is 0 Å². The zero-order valence-corrected chi connectivity index (χ0v) is 17.2. The number of benzene rings is 2. The Kier molecular flexibility index (Phi) is 7.53. The Hall–Kier alpha value is -1.53. The number of carbonyl (C=O) groups is 1. The fraction of sp³-hybridized carbons (Fsp3) is 0.222. The lowest BCUT2D eigenvalue weighted by Gasteiger charge is -2.13. The van der Waals surface area contributed by atoms with E-state index in [4.69, 9.17) is 51.8 Å². The van der Waals surface area contributed by atoms with Gasteiger partial charge < -0.3 is 10.1 Å². The maximum absolute atomic E-state index is 12.3. The Balaban J connectivity index is 1.99. The van der Waals surface area contributed by atoms with Crippen molar-refractivity contribution in [1.82, 2.24) is 5.32 Å². The van der Waals surface area contributed by atoms with Crippen LogP contribution in [0.15, 0.2) is 36.4 Å². The highest BCUT2D eigenvalue weighted by atomic mass is 35.5. The van der Waals surface area contributed by atoms with Gasteiger partial charge in [-0.3, -0.25) is 10.1 Å². The molecule has 2 N–H and O–H groups in total. The topological polar surface area (TPSA) is 50.4 Å². The SMILES string of the molecule is CCC(C)Oc1ccc(C(=O)NC(=S)Nc2cc(Cl)c(Cl)cc2Cl)cc1. The van der Waals surface area contributed by atoms with Crippen LogP contribution in [0.3, 0.4) is 0 Å². The third kappa shape index (κ3) is 5.74. The Morgan fingerprint density at radius 1 is 1.12 bits per heavy atom. The molecule has 0 fully saturated rings. The number of ether oxygens (including phenoxy) is 1. The van der Waals surface area contributed by atoms with Crippen LogP contribution in [-0.2, 0) is 0 Å². The van der Waals surface area contributed by atoms with Gasteiger partial charge in [0.15, 0.2) is 5.11 Å². The predicted octanol–water partition coefficient (Wildman–Crippen LogP) is 5.95. The van der Waals surface area contributed by atoms with Gasteiger partial charge in [0.2, 0.25) is 0 Å². The van der Waals surface area contributed by atoms with Crippen LogP contribution in [0, 0.1) is 0 Å². The summed E-state index contributed by atoms with van der Waals surface area (Å²) in [5.74, 6) is 0.355. The van der Waals surface area contributed by atoms with Gasteiger partial charge in [-0.05, 0) is 62.0 Å². The zero-order valence-electron chi connectivity index (χ0n) is 14.1. The third-order valence-electron chi connectivity index (χ3n) is 3.51. The van der Waals surface area contributed by atoms with Gasteiger partial charge in [0.05, 0.1) is 26.9 Å². The summed E-state index contributed by atoms with van der Waals surface area (Å²) >= 11 is 23.1. The normalized spacial score (nSPS) is 11.6. The first-order valence-electron chi connectivity index (χ1n) is 7.83. The fourth-order valence-corrected chi connectivity index (χ4v) is 2.74. The Bertz CT molecular complexity index is 813. The largest absolute Gasteiger partial charge is 0.491 e. The van der Waals surface area contributed by atoms with E-state index in [0.29, 0.717) is 32.1 Å². The van der Waals surface area contributed by atoms with Gasteiger partial charge in [0.1, 0.15) is 5.75 Å². The van der Waals surface area contributed by atoms with Crippen molar-refractivity contribution in [2.45, 2.75) is 26.4 Å². The summed E-state index contributed by atoms with van der Waals surface area (Å²) < 4.78 is 5.68. The third-order valence-corrected chi connectivity index (χ3v) is 4.75. The lowest BCUT2D eigenvalue weighted by molar-refractivity contribution is 0.0977. The molecule has 8 heteroatoms. The number of thiocarbonyl (C=S) groups is 1. The number of halogens is 3. The lowest BCUT2D eigenvalue weighted by atomic mass is 10.2. The first kappa shape index (κ1) is 20.8. The van der Waals surface area contributed by atoms with E-state index < -0.39 is 0 Å². The van der Waals surface area contributed by atoms with E-state index in [0.717, 1.165) is 6.42 Å². The van der Waals surface area contributed by atoms with Gasteiger partial charge in [-0.1, -0.05) is 41.7 Å². The molecule has 1 amide bonds. The molecule has 0 heterocycles. The molecule has 0 aliphatic heterocycles. The lowest BCUT2D eigenvalue weighted by Crippen LogP contribution is -2.34. The van der Waals surface area contributed by atoms with E-state index >= 15 is 0 Å². The first-order valence-corrected chi connectivity index (χ1v) is 9.38. The van der Waals surface area contributed by atoms with E-state index in [-0.39, 0.29) is 17.1 Å². The van der Waals surface area contributed by atoms with Crippen molar-refractivity contribution in [3.8, 4) is 5.75 Å². The Labute approximate surface area is 172 Å². The van der Waals surface area contributed by atoms with Gasteiger partial charge in [-0.2, -0.15) is 0 Å². The van der Waals surface area contributed by atoms with Crippen LogP contribution in [-0.4, -0.2) is 17.1 Å². The first-order chi connectivity index (χ1) is 12.3. The van der Waals surface area contributed by atoms with Crippen LogP contribution < -0.4 is 15.4 Å². The molecule has 138 valence electrons. The fourth-order valence-electron chi connectivity index (χ4n) is 1.95. The van der Waals surface area contributed by atoms with Gasteiger partial charge in [0.25, 0.3) is 5.91 Å². The van der Waals surface area contributed by atoms with Gasteiger partial charge in [-0.15, -0.1) is 0 Å². The number of nitrogens with one attached hydrogen (secondary N) is 2. The minimum Gasteiger partial charge on any atom is -0.491 e. The molecule has 1 atom stereocenters.